The Morgan fingerprint density at radius 3 is 2.17 bits per heavy atom. The smallest absolute Gasteiger partial charge is 0.256 e. The van der Waals surface area contributed by atoms with E-state index in [2.05, 4.69) is 33.0 Å². The van der Waals surface area contributed by atoms with E-state index in [0.29, 0.717) is 0 Å². The Balaban J connectivity index is 1.40. The highest BCUT2D eigenvalue weighted by Crippen LogP contribution is 2.29. The molecule has 0 spiro atoms. The second-order valence-electron chi connectivity index (χ2n) is 8.06. The predicted molar refractivity (Wildman–Crippen MR) is 120 cm³/mol. The molecule has 0 bridgehead atoms. The number of hydrogen-bond donors (Lipinski definition) is 0. The SMILES string of the molecule is O=C(c1cnc(N2CCN(c3ccccn3)CC2)c2ccccc12)N1CCCCC1. The van der Waals surface area contributed by atoms with E-state index < -0.39 is 0 Å². The number of rotatable bonds is 3. The van der Waals surface area contributed by atoms with Crippen LogP contribution in [-0.2, 0) is 0 Å². The number of anilines is 2. The van der Waals surface area contributed by atoms with Crippen LogP contribution in [0.15, 0.2) is 54.9 Å². The number of aromatic nitrogens is 2. The molecule has 154 valence electrons. The van der Waals surface area contributed by atoms with Crippen molar-refractivity contribution in [2.45, 2.75) is 19.3 Å². The summed E-state index contributed by atoms with van der Waals surface area (Å²) in [4.78, 5) is 29.1. The lowest BCUT2D eigenvalue weighted by atomic mass is 10.0. The molecule has 0 unspecified atom stereocenters. The van der Waals surface area contributed by atoms with Crippen LogP contribution >= 0.6 is 0 Å². The minimum absolute atomic E-state index is 0.116. The van der Waals surface area contributed by atoms with Gasteiger partial charge in [-0.2, -0.15) is 0 Å². The Kier molecular flexibility index (Phi) is 5.22. The van der Waals surface area contributed by atoms with Crippen LogP contribution in [0.1, 0.15) is 29.6 Å². The second-order valence-corrected chi connectivity index (χ2v) is 8.06. The van der Waals surface area contributed by atoms with Crippen molar-refractivity contribution in [2.75, 3.05) is 49.1 Å². The average Bonchev–Trinajstić information content (AvgIpc) is 2.84. The van der Waals surface area contributed by atoms with Gasteiger partial charge in [0, 0.05) is 57.0 Å². The van der Waals surface area contributed by atoms with Crippen LogP contribution in [-0.4, -0.2) is 60.0 Å². The normalized spacial score (nSPS) is 17.4. The van der Waals surface area contributed by atoms with Gasteiger partial charge in [0.25, 0.3) is 5.91 Å². The van der Waals surface area contributed by atoms with Crippen molar-refractivity contribution in [3.8, 4) is 0 Å². The number of fused-ring (bicyclic) bond motifs is 1. The first-order chi connectivity index (χ1) is 14.8. The summed E-state index contributed by atoms with van der Waals surface area (Å²) in [5.74, 6) is 2.11. The van der Waals surface area contributed by atoms with E-state index in [1.165, 1.54) is 6.42 Å². The van der Waals surface area contributed by atoms with E-state index >= 15 is 0 Å². The molecule has 2 aliphatic heterocycles. The number of piperazine rings is 1. The summed E-state index contributed by atoms with van der Waals surface area (Å²) in [7, 11) is 0. The first-order valence-electron chi connectivity index (χ1n) is 10.9. The van der Waals surface area contributed by atoms with E-state index in [4.69, 9.17) is 4.98 Å². The fourth-order valence-electron chi connectivity index (χ4n) is 4.56. The molecule has 0 radical (unpaired) electrons. The highest BCUT2D eigenvalue weighted by Gasteiger charge is 2.24. The van der Waals surface area contributed by atoms with Crippen molar-refractivity contribution in [2.24, 2.45) is 0 Å². The van der Waals surface area contributed by atoms with Gasteiger partial charge in [-0.1, -0.05) is 30.3 Å². The topological polar surface area (TPSA) is 52.6 Å². The lowest BCUT2D eigenvalue weighted by Gasteiger charge is -2.36. The van der Waals surface area contributed by atoms with Gasteiger partial charge < -0.3 is 14.7 Å². The number of likely N-dealkylation sites (tertiary alicyclic amines) is 1. The number of piperidine rings is 1. The molecule has 2 fully saturated rings. The molecule has 0 N–H and O–H groups in total. The molecular weight excluding hydrogens is 374 g/mol. The lowest BCUT2D eigenvalue weighted by Crippen LogP contribution is -2.47. The van der Waals surface area contributed by atoms with Gasteiger partial charge in [-0.3, -0.25) is 4.79 Å². The van der Waals surface area contributed by atoms with Crippen molar-refractivity contribution >= 4 is 28.3 Å². The fraction of sp³-hybridized carbons (Fsp3) is 0.375. The molecule has 30 heavy (non-hydrogen) atoms. The number of hydrogen-bond acceptors (Lipinski definition) is 5. The van der Waals surface area contributed by atoms with Gasteiger partial charge in [-0.15, -0.1) is 0 Å². The maximum Gasteiger partial charge on any atom is 0.256 e. The number of amides is 1. The minimum atomic E-state index is 0.116. The number of pyridine rings is 2. The Labute approximate surface area is 177 Å². The summed E-state index contributed by atoms with van der Waals surface area (Å²) in [6, 6.07) is 14.2. The molecule has 5 rings (SSSR count). The zero-order valence-corrected chi connectivity index (χ0v) is 17.2. The molecule has 1 amide bonds. The van der Waals surface area contributed by atoms with E-state index in [-0.39, 0.29) is 5.91 Å². The molecule has 2 saturated heterocycles. The first kappa shape index (κ1) is 18.9. The summed E-state index contributed by atoms with van der Waals surface area (Å²) in [6.07, 6.45) is 7.03. The third kappa shape index (κ3) is 3.58. The summed E-state index contributed by atoms with van der Waals surface area (Å²) < 4.78 is 0. The van der Waals surface area contributed by atoms with Gasteiger partial charge >= 0.3 is 0 Å². The average molecular weight is 402 g/mol. The van der Waals surface area contributed by atoms with Crippen LogP contribution < -0.4 is 9.80 Å². The lowest BCUT2D eigenvalue weighted by molar-refractivity contribution is 0.0726. The summed E-state index contributed by atoms with van der Waals surface area (Å²) in [5.41, 5.74) is 0.725. The van der Waals surface area contributed by atoms with Crippen molar-refractivity contribution in [1.82, 2.24) is 14.9 Å². The van der Waals surface area contributed by atoms with Crippen LogP contribution in [0.2, 0.25) is 0 Å². The highest BCUT2D eigenvalue weighted by atomic mass is 16.2. The first-order valence-corrected chi connectivity index (χ1v) is 10.9. The van der Waals surface area contributed by atoms with Crippen LogP contribution in [0, 0.1) is 0 Å². The van der Waals surface area contributed by atoms with Crippen molar-refractivity contribution < 1.29 is 4.79 Å². The largest absolute Gasteiger partial charge is 0.353 e. The van der Waals surface area contributed by atoms with Gasteiger partial charge in [-0.05, 0) is 36.8 Å². The molecule has 0 atom stereocenters. The summed E-state index contributed by atoms with van der Waals surface area (Å²) in [5, 5.41) is 2.07. The van der Waals surface area contributed by atoms with E-state index in [1.807, 2.05) is 35.4 Å². The standard InChI is InChI=1S/C24H27N5O/c30-24(29-12-6-1-7-13-29)21-18-26-23(20-9-3-2-8-19(20)21)28-16-14-27(15-17-28)22-10-4-5-11-25-22/h2-5,8-11,18H,1,6-7,12-17H2. The van der Waals surface area contributed by atoms with Gasteiger partial charge in [0.05, 0.1) is 5.56 Å². The molecule has 0 saturated carbocycles. The van der Waals surface area contributed by atoms with Crippen molar-refractivity contribution in [3.63, 3.8) is 0 Å². The second kappa shape index (κ2) is 8.30. The van der Waals surface area contributed by atoms with Gasteiger partial charge in [0.15, 0.2) is 0 Å². The Morgan fingerprint density at radius 1 is 0.733 bits per heavy atom. The molecule has 1 aromatic carbocycles. The predicted octanol–water partition coefficient (Wildman–Crippen LogP) is 3.58. The molecule has 6 heteroatoms. The molecule has 2 aromatic heterocycles. The number of carbonyl (C=O) groups excluding carboxylic acids is 1. The van der Waals surface area contributed by atoms with Crippen molar-refractivity contribution in [1.29, 1.82) is 0 Å². The third-order valence-electron chi connectivity index (χ3n) is 6.20. The van der Waals surface area contributed by atoms with E-state index in [1.54, 1.807) is 6.20 Å². The summed E-state index contributed by atoms with van der Waals surface area (Å²) in [6.45, 7) is 5.28. The molecule has 6 nitrogen and oxygen atoms in total. The van der Waals surface area contributed by atoms with Crippen LogP contribution in [0.4, 0.5) is 11.6 Å². The van der Waals surface area contributed by atoms with Crippen molar-refractivity contribution in [3.05, 3.63) is 60.4 Å². The third-order valence-corrected chi connectivity index (χ3v) is 6.20. The van der Waals surface area contributed by atoms with Gasteiger partial charge in [0.2, 0.25) is 0 Å². The number of carbonyl (C=O) groups is 1. The Morgan fingerprint density at radius 2 is 1.43 bits per heavy atom. The van der Waals surface area contributed by atoms with Crippen LogP contribution in [0.25, 0.3) is 10.8 Å². The Hall–Kier alpha value is -3.15. The monoisotopic (exact) mass is 401 g/mol. The molecular formula is C24H27N5O. The molecule has 2 aliphatic rings. The zero-order valence-electron chi connectivity index (χ0n) is 17.2. The Bertz CT molecular complexity index is 1020. The van der Waals surface area contributed by atoms with Gasteiger partial charge in [-0.25, -0.2) is 9.97 Å². The van der Waals surface area contributed by atoms with Crippen LogP contribution in [0.3, 0.4) is 0 Å². The fourth-order valence-corrected chi connectivity index (χ4v) is 4.56. The molecule has 3 aromatic rings. The van der Waals surface area contributed by atoms with Crippen LogP contribution in [0.5, 0.6) is 0 Å². The number of benzene rings is 1. The van der Waals surface area contributed by atoms with E-state index in [0.717, 1.165) is 80.1 Å². The minimum Gasteiger partial charge on any atom is -0.353 e. The quantitative estimate of drug-likeness (QED) is 0.671. The maximum absolute atomic E-state index is 13.2. The zero-order chi connectivity index (χ0) is 20.3. The molecule has 0 aliphatic carbocycles. The highest BCUT2D eigenvalue weighted by molar-refractivity contribution is 6.09. The molecule has 4 heterocycles. The van der Waals surface area contributed by atoms with Gasteiger partial charge in [0.1, 0.15) is 11.6 Å². The summed E-state index contributed by atoms with van der Waals surface area (Å²) >= 11 is 0. The number of nitrogens with zero attached hydrogens (tertiary/aromatic N) is 5. The maximum atomic E-state index is 13.2. The van der Waals surface area contributed by atoms with E-state index in [9.17, 15) is 4.79 Å².